The number of ether oxygens (including phenoxy) is 4. The average Bonchev–Trinajstić information content (AvgIpc) is 3.18. The summed E-state index contributed by atoms with van der Waals surface area (Å²) < 4.78 is 21.8. The molecule has 2 aromatic carbocycles. The molecule has 0 aromatic heterocycles. The molecular formula is C18H17N3O5S. The molecule has 0 aliphatic carbocycles. The van der Waals surface area contributed by atoms with Gasteiger partial charge in [-0.25, -0.2) is 0 Å². The number of fused-ring (bicyclic) bond motifs is 2. The van der Waals surface area contributed by atoms with Gasteiger partial charge in [0.1, 0.15) is 6.61 Å². The van der Waals surface area contributed by atoms with Crippen molar-refractivity contribution in [2.45, 2.75) is 12.6 Å². The smallest absolute Gasteiger partial charge is 0.283 e. The third kappa shape index (κ3) is 3.98. The topological polar surface area (TPSA) is 90.1 Å². The summed E-state index contributed by atoms with van der Waals surface area (Å²) in [6.45, 7) is 0.826. The van der Waals surface area contributed by atoms with Crippen molar-refractivity contribution >= 4 is 23.2 Å². The fourth-order valence-corrected chi connectivity index (χ4v) is 2.75. The van der Waals surface area contributed by atoms with Crippen molar-refractivity contribution in [2.24, 2.45) is 0 Å². The normalized spacial score (nSPS) is 16.4. The molecule has 0 saturated carbocycles. The van der Waals surface area contributed by atoms with Crippen LogP contribution in [-0.2, 0) is 11.3 Å². The molecule has 0 fully saturated rings. The minimum Gasteiger partial charge on any atom is -0.485 e. The Morgan fingerprint density at radius 3 is 2.67 bits per heavy atom. The average molecular weight is 387 g/mol. The summed E-state index contributed by atoms with van der Waals surface area (Å²) in [5.74, 6) is 2.21. The molecule has 2 aliphatic heterocycles. The Labute approximate surface area is 160 Å². The molecule has 27 heavy (non-hydrogen) atoms. The van der Waals surface area contributed by atoms with E-state index in [1.807, 2.05) is 30.3 Å². The second kappa shape index (κ2) is 7.58. The molecule has 2 aromatic rings. The van der Waals surface area contributed by atoms with Gasteiger partial charge >= 0.3 is 0 Å². The fourth-order valence-electron chi connectivity index (χ4n) is 2.63. The summed E-state index contributed by atoms with van der Waals surface area (Å²) in [6.07, 6.45) is -0.760. The van der Waals surface area contributed by atoms with Crippen molar-refractivity contribution in [2.75, 3.05) is 13.4 Å². The van der Waals surface area contributed by atoms with Gasteiger partial charge in [-0.05, 0) is 42.0 Å². The molecule has 9 heteroatoms. The summed E-state index contributed by atoms with van der Waals surface area (Å²) >= 11 is 5.17. The molecule has 1 atom stereocenters. The molecule has 0 unspecified atom stereocenters. The van der Waals surface area contributed by atoms with Gasteiger partial charge in [-0.15, -0.1) is 0 Å². The predicted molar refractivity (Wildman–Crippen MR) is 99.6 cm³/mol. The summed E-state index contributed by atoms with van der Waals surface area (Å²) in [7, 11) is 0. The molecule has 140 valence electrons. The van der Waals surface area contributed by atoms with Gasteiger partial charge in [0.25, 0.3) is 5.91 Å². The molecule has 3 N–H and O–H groups in total. The molecule has 0 bridgehead atoms. The largest absolute Gasteiger partial charge is 0.485 e. The van der Waals surface area contributed by atoms with E-state index >= 15 is 0 Å². The van der Waals surface area contributed by atoms with E-state index in [0.29, 0.717) is 23.8 Å². The van der Waals surface area contributed by atoms with Crippen molar-refractivity contribution in [1.29, 1.82) is 0 Å². The molecule has 0 spiro atoms. The highest BCUT2D eigenvalue weighted by atomic mass is 32.1. The van der Waals surface area contributed by atoms with Crippen LogP contribution in [0.5, 0.6) is 23.0 Å². The maximum atomic E-state index is 12.2. The lowest BCUT2D eigenvalue weighted by Gasteiger charge is -2.25. The summed E-state index contributed by atoms with van der Waals surface area (Å²) in [4.78, 5) is 12.2. The van der Waals surface area contributed by atoms with Crippen LogP contribution in [0, 0.1) is 0 Å². The second-order valence-electron chi connectivity index (χ2n) is 5.85. The highest BCUT2D eigenvalue weighted by molar-refractivity contribution is 7.80. The van der Waals surface area contributed by atoms with Crippen LogP contribution < -0.4 is 35.1 Å². The number of hydrazine groups is 1. The van der Waals surface area contributed by atoms with Crippen LogP contribution in [0.25, 0.3) is 0 Å². The highest BCUT2D eigenvalue weighted by Crippen LogP contribution is 2.32. The second-order valence-corrected chi connectivity index (χ2v) is 6.26. The zero-order valence-corrected chi connectivity index (χ0v) is 15.0. The van der Waals surface area contributed by atoms with E-state index in [1.165, 1.54) is 0 Å². The van der Waals surface area contributed by atoms with E-state index in [1.54, 1.807) is 12.1 Å². The number of rotatable bonds is 3. The first-order valence-corrected chi connectivity index (χ1v) is 8.70. The van der Waals surface area contributed by atoms with Crippen molar-refractivity contribution in [3.8, 4) is 23.0 Å². The first kappa shape index (κ1) is 17.2. The molecule has 8 nitrogen and oxygen atoms in total. The van der Waals surface area contributed by atoms with Gasteiger partial charge in [0.2, 0.25) is 12.9 Å². The predicted octanol–water partition coefficient (Wildman–Crippen LogP) is 1.25. The first-order valence-electron chi connectivity index (χ1n) is 8.30. The van der Waals surface area contributed by atoms with Crippen LogP contribution in [-0.4, -0.2) is 30.5 Å². The Balaban J connectivity index is 1.23. The van der Waals surface area contributed by atoms with E-state index in [0.717, 1.165) is 11.3 Å². The fraction of sp³-hybridized carbons (Fsp3) is 0.222. The first-order chi connectivity index (χ1) is 13.2. The molecule has 4 rings (SSSR count). The third-order valence-corrected chi connectivity index (χ3v) is 4.24. The number of thiocarbonyl (C=S) groups is 1. The molecular weight excluding hydrogens is 370 g/mol. The lowest BCUT2D eigenvalue weighted by molar-refractivity contribution is -0.130. The number of hydrogen-bond acceptors (Lipinski definition) is 6. The highest BCUT2D eigenvalue weighted by Gasteiger charge is 2.27. The quantitative estimate of drug-likeness (QED) is 0.536. The van der Waals surface area contributed by atoms with Crippen LogP contribution >= 0.6 is 12.2 Å². The maximum Gasteiger partial charge on any atom is 0.283 e. The van der Waals surface area contributed by atoms with Gasteiger partial charge < -0.3 is 24.3 Å². The minimum atomic E-state index is -0.760. The van der Waals surface area contributed by atoms with E-state index < -0.39 is 6.10 Å². The Morgan fingerprint density at radius 1 is 1.00 bits per heavy atom. The summed E-state index contributed by atoms with van der Waals surface area (Å²) in [6, 6.07) is 12.8. The Bertz CT molecular complexity index is 876. The number of carbonyl (C=O) groups is 1. The van der Waals surface area contributed by atoms with E-state index in [-0.39, 0.29) is 24.4 Å². The molecule has 2 heterocycles. The monoisotopic (exact) mass is 387 g/mol. The van der Waals surface area contributed by atoms with Crippen LogP contribution in [0.2, 0.25) is 0 Å². The van der Waals surface area contributed by atoms with Crippen LogP contribution in [0.1, 0.15) is 5.56 Å². The van der Waals surface area contributed by atoms with Gasteiger partial charge in [0.05, 0.1) is 0 Å². The van der Waals surface area contributed by atoms with E-state index in [9.17, 15) is 4.79 Å². The van der Waals surface area contributed by atoms with Crippen molar-refractivity contribution in [1.82, 2.24) is 16.2 Å². The Kier molecular flexibility index (Phi) is 4.84. The molecule has 0 radical (unpaired) electrons. The van der Waals surface area contributed by atoms with Crippen molar-refractivity contribution < 1.29 is 23.7 Å². The summed E-state index contributed by atoms with van der Waals surface area (Å²) in [5, 5.41) is 3.28. The lowest BCUT2D eigenvalue weighted by atomic mass is 10.2. The molecule has 0 saturated heterocycles. The zero-order chi connectivity index (χ0) is 18.6. The Hall–Kier alpha value is -3.20. The molecule has 2 aliphatic rings. The van der Waals surface area contributed by atoms with Crippen LogP contribution in [0.3, 0.4) is 0 Å². The maximum absolute atomic E-state index is 12.2. The zero-order valence-electron chi connectivity index (χ0n) is 14.2. The number of carbonyl (C=O) groups excluding carboxylic acids is 1. The minimum absolute atomic E-state index is 0.127. The number of para-hydroxylation sites is 2. The SMILES string of the molecule is O=C(NNC(=S)NCc1ccc2c(c1)OCO2)[C@@H]1COc2ccccc2O1. The van der Waals surface area contributed by atoms with E-state index in [4.69, 9.17) is 31.2 Å². The van der Waals surface area contributed by atoms with Gasteiger partial charge in [-0.3, -0.25) is 15.6 Å². The van der Waals surface area contributed by atoms with Crippen molar-refractivity contribution in [3.05, 3.63) is 48.0 Å². The lowest BCUT2D eigenvalue weighted by Crippen LogP contribution is -2.53. The number of benzene rings is 2. The van der Waals surface area contributed by atoms with Gasteiger partial charge in [0, 0.05) is 6.54 Å². The van der Waals surface area contributed by atoms with Crippen LogP contribution in [0.4, 0.5) is 0 Å². The number of amides is 1. The van der Waals surface area contributed by atoms with Gasteiger partial charge in [0.15, 0.2) is 28.1 Å². The number of nitrogens with one attached hydrogen (secondary N) is 3. The third-order valence-electron chi connectivity index (χ3n) is 3.99. The van der Waals surface area contributed by atoms with Crippen molar-refractivity contribution in [3.63, 3.8) is 0 Å². The Morgan fingerprint density at radius 2 is 1.78 bits per heavy atom. The standard InChI is InChI=1S/C18H17N3O5S/c22-17(16-9-23-12-3-1-2-4-14(12)26-16)20-21-18(27)19-8-11-5-6-13-15(7-11)25-10-24-13/h1-7,16H,8-10H2,(H,20,22)(H2,19,21,27)/t16-/m0/s1. The summed E-state index contributed by atoms with van der Waals surface area (Å²) in [5.41, 5.74) is 6.14. The van der Waals surface area contributed by atoms with Gasteiger partial charge in [-0.1, -0.05) is 18.2 Å². The number of hydrogen-bond donors (Lipinski definition) is 3. The molecule has 1 amide bonds. The van der Waals surface area contributed by atoms with Gasteiger partial charge in [-0.2, -0.15) is 0 Å². The van der Waals surface area contributed by atoms with E-state index in [2.05, 4.69) is 16.2 Å². The van der Waals surface area contributed by atoms with Crippen LogP contribution in [0.15, 0.2) is 42.5 Å².